The standard InChI is InChI=1S/C13H22N4S/c1-8(2)11(9(3)4)7-15-13-10(12(14)18)5-6-16-17-13/h5-6,8-9,11H,7H2,1-4H3,(H2,14,18)(H,15,17). The minimum Gasteiger partial charge on any atom is -0.389 e. The van der Waals surface area contributed by atoms with Gasteiger partial charge in [0.05, 0.1) is 11.8 Å². The van der Waals surface area contributed by atoms with E-state index >= 15 is 0 Å². The zero-order valence-electron chi connectivity index (χ0n) is 11.5. The van der Waals surface area contributed by atoms with Crippen molar-refractivity contribution in [3.8, 4) is 0 Å². The Morgan fingerprint density at radius 1 is 1.33 bits per heavy atom. The van der Waals surface area contributed by atoms with Crippen molar-refractivity contribution < 1.29 is 0 Å². The minimum atomic E-state index is 0.345. The summed E-state index contributed by atoms with van der Waals surface area (Å²) in [6.07, 6.45) is 1.60. The Morgan fingerprint density at radius 2 is 1.94 bits per heavy atom. The molecule has 18 heavy (non-hydrogen) atoms. The molecule has 0 aliphatic heterocycles. The summed E-state index contributed by atoms with van der Waals surface area (Å²) >= 11 is 5.00. The van der Waals surface area contributed by atoms with Crippen LogP contribution in [0.1, 0.15) is 33.3 Å². The van der Waals surface area contributed by atoms with Crippen LogP contribution in [0.2, 0.25) is 0 Å². The molecule has 1 aromatic heterocycles. The highest BCUT2D eigenvalue weighted by atomic mass is 32.1. The van der Waals surface area contributed by atoms with Crippen molar-refractivity contribution >= 4 is 23.0 Å². The average Bonchev–Trinajstić information content (AvgIpc) is 2.28. The second-order valence-electron chi connectivity index (χ2n) is 5.19. The predicted octanol–water partition coefficient (Wildman–Crippen LogP) is 2.45. The lowest BCUT2D eigenvalue weighted by molar-refractivity contribution is 0.304. The van der Waals surface area contributed by atoms with E-state index in [4.69, 9.17) is 18.0 Å². The van der Waals surface area contributed by atoms with E-state index in [1.165, 1.54) is 0 Å². The van der Waals surface area contributed by atoms with Gasteiger partial charge in [-0.25, -0.2) is 0 Å². The normalized spacial score (nSPS) is 11.3. The Morgan fingerprint density at radius 3 is 2.44 bits per heavy atom. The van der Waals surface area contributed by atoms with Crippen LogP contribution in [-0.4, -0.2) is 21.7 Å². The molecule has 3 N–H and O–H groups in total. The molecule has 0 aliphatic carbocycles. The SMILES string of the molecule is CC(C)C(CNc1nnccc1C(N)=S)C(C)C. The zero-order valence-corrected chi connectivity index (χ0v) is 12.3. The Bertz CT molecular complexity index is 396. The van der Waals surface area contributed by atoms with Gasteiger partial charge in [0.15, 0.2) is 5.82 Å². The van der Waals surface area contributed by atoms with Gasteiger partial charge in [0.2, 0.25) is 0 Å². The number of anilines is 1. The summed E-state index contributed by atoms with van der Waals surface area (Å²) in [5.41, 5.74) is 6.42. The number of hydrogen-bond donors (Lipinski definition) is 2. The summed E-state index contributed by atoms with van der Waals surface area (Å²) < 4.78 is 0. The number of nitrogens with one attached hydrogen (secondary N) is 1. The highest BCUT2D eigenvalue weighted by Crippen LogP contribution is 2.21. The second-order valence-corrected chi connectivity index (χ2v) is 5.63. The van der Waals surface area contributed by atoms with E-state index in [1.807, 2.05) is 0 Å². The van der Waals surface area contributed by atoms with Gasteiger partial charge in [-0.1, -0.05) is 39.9 Å². The summed E-state index contributed by atoms with van der Waals surface area (Å²) in [7, 11) is 0. The quantitative estimate of drug-likeness (QED) is 0.774. The third-order valence-electron chi connectivity index (χ3n) is 3.20. The Balaban J connectivity index is 2.76. The van der Waals surface area contributed by atoms with Gasteiger partial charge >= 0.3 is 0 Å². The van der Waals surface area contributed by atoms with Crippen LogP contribution in [0.5, 0.6) is 0 Å². The molecule has 1 heterocycles. The Kier molecular flexibility index (Phi) is 5.47. The van der Waals surface area contributed by atoms with E-state index in [-0.39, 0.29) is 0 Å². The molecule has 0 saturated heterocycles. The summed E-state index contributed by atoms with van der Waals surface area (Å²) in [5.74, 6) is 2.48. The smallest absolute Gasteiger partial charge is 0.158 e. The van der Waals surface area contributed by atoms with Crippen LogP contribution < -0.4 is 11.1 Å². The molecule has 0 atom stereocenters. The molecule has 0 bridgehead atoms. The van der Waals surface area contributed by atoms with Gasteiger partial charge in [-0.2, -0.15) is 5.10 Å². The molecule has 5 heteroatoms. The highest BCUT2D eigenvalue weighted by molar-refractivity contribution is 7.80. The predicted molar refractivity (Wildman–Crippen MR) is 79.6 cm³/mol. The van der Waals surface area contributed by atoms with Gasteiger partial charge in [0, 0.05) is 6.54 Å². The van der Waals surface area contributed by atoms with Crippen LogP contribution >= 0.6 is 12.2 Å². The van der Waals surface area contributed by atoms with Gasteiger partial charge in [-0.05, 0) is 23.8 Å². The molecule has 100 valence electrons. The molecule has 0 fully saturated rings. The first-order valence-electron chi connectivity index (χ1n) is 6.28. The second kappa shape index (κ2) is 6.64. The van der Waals surface area contributed by atoms with Gasteiger partial charge in [0.1, 0.15) is 4.99 Å². The van der Waals surface area contributed by atoms with E-state index in [2.05, 4.69) is 43.2 Å². The number of thiocarbonyl (C=S) groups is 1. The molecule has 0 aliphatic rings. The van der Waals surface area contributed by atoms with Crippen LogP contribution in [0, 0.1) is 17.8 Å². The first kappa shape index (κ1) is 14.8. The van der Waals surface area contributed by atoms with Crippen molar-refractivity contribution in [3.05, 3.63) is 17.8 Å². The number of aromatic nitrogens is 2. The number of hydrogen-bond acceptors (Lipinski definition) is 4. The van der Waals surface area contributed by atoms with Crippen molar-refractivity contribution in [2.24, 2.45) is 23.5 Å². The number of nitrogens with two attached hydrogens (primary N) is 1. The monoisotopic (exact) mass is 266 g/mol. The summed E-state index contributed by atoms with van der Waals surface area (Å²) in [5, 5.41) is 11.2. The lowest BCUT2D eigenvalue weighted by atomic mass is 9.85. The molecule has 4 nitrogen and oxygen atoms in total. The van der Waals surface area contributed by atoms with E-state index in [1.54, 1.807) is 12.3 Å². The molecular weight excluding hydrogens is 244 g/mol. The van der Waals surface area contributed by atoms with Crippen LogP contribution in [-0.2, 0) is 0 Å². The molecule has 0 saturated carbocycles. The lowest BCUT2D eigenvalue weighted by Crippen LogP contribution is -2.26. The van der Waals surface area contributed by atoms with Crippen LogP contribution in [0.3, 0.4) is 0 Å². The van der Waals surface area contributed by atoms with Gasteiger partial charge in [-0.15, -0.1) is 5.10 Å². The van der Waals surface area contributed by atoms with E-state index < -0.39 is 0 Å². The lowest BCUT2D eigenvalue weighted by Gasteiger charge is -2.25. The minimum absolute atomic E-state index is 0.345. The molecular formula is C13H22N4S. The van der Waals surface area contributed by atoms with Crippen molar-refractivity contribution in [3.63, 3.8) is 0 Å². The maximum Gasteiger partial charge on any atom is 0.158 e. The van der Waals surface area contributed by atoms with Crippen LogP contribution in [0.15, 0.2) is 12.3 Å². The maximum absolute atomic E-state index is 5.66. The van der Waals surface area contributed by atoms with Crippen LogP contribution in [0.25, 0.3) is 0 Å². The molecule has 0 amide bonds. The topological polar surface area (TPSA) is 63.8 Å². The Labute approximate surface area is 114 Å². The highest BCUT2D eigenvalue weighted by Gasteiger charge is 2.18. The van der Waals surface area contributed by atoms with Crippen molar-refractivity contribution in [1.82, 2.24) is 10.2 Å². The van der Waals surface area contributed by atoms with E-state index in [0.717, 1.165) is 12.1 Å². The van der Waals surface area contributed by atoms with Crippen molar-refractivity contribution in [2.75, 3.05) is 11.9 Å². The molecule has 0 unspecified atom stereocenters. The first-order chi connectivity index (χ1) is 8.43. The molecule has 1 aromatic rings. The fourth-order valence-corrected chi connectivity index (χ4v) is 2.28. The molecule has 0 aromatic carbocycles. The summed E-state index contributed by atoms with van der Waals surface area (Å²) in [6.45, 7) is 9.79. The zero-order chi connectivity index (χ0) is 13.7. The number of rotatable bonds is 6. The molecule has 0 spiro atoms. The van der Waals surface area contributed by atoms with Crippen molar-refractivity contribution in [1.29, 1.82) is 0 Å². The summed E-state index contributed by atoms with van der Waals surface area (Å²) in [6, 6.07) is 1.79. The third-order valence-corrected chi connectivity index (χ3v) is 3.42. The Hall–Kier alpha value is -1.23. The van der Waals surface area contributed by atoms with E-state index in [0.29, 0.717) is 28.6 Å². The van der Waals surface area contributed by atoms with Gasteiger partial charge in [0.25, 0.3) is 0 Å². The van der Waals surface area contributed by atoms with E-state index in [9.17, 15) is 0 Å². The van der Waals surface area contributed by atoms with Crippen LogP contribution in [0.4, 0.5) is 5.82 Å². The fraction of sp³-hybridized carbons (Fsp3) is 0.615. The average molecular weight is 266 g/mol. The fourth-order valence-electron chi connectivity index (χ4n) is 2.12. The summed E-state index contributed by atoms with van der Waals surface area (Å²) in [4.78, 5) is 0.345. The largest absolute Gasteiger partial charge is 0.389 e. The number of nitrogens with zero attached hydrogens (tertiary/aromatic N) is 2. The maximum atomic E-state index is 5.66. The molecule has 0 radical (unpaired) electrons. The molecule has 1 rings (SSSR count). The van der Waals surface area contributed by atoms with Crippen molar-refractivity contribution in [2.45, 2.75) is 27.7 Å². The third kappa shape index (κ3) is 3.91. The van der Waals surface area contributed by atoms with Gasteiger partial charge in [-0.3, -0.25) is 0 Å². The first-order valence-corrected chi connectivity index (χ1v) is 6.69. The van der Waals surface area contributed by atoms with Gasteiger partial charge < -0.3 is 11.1 Å².